The quantitative estimate of drug-likeness (QED) is 0.811. The van der Waals surface area contributed by atoms with Crippen LogP contribution in [0.25, 0.3) is 0 Å². The SMILES string of the molecule is Nc1ncc(Br)nc1N1CC(C(=O)O)CC1=O. The molecule has 1 aliphatic rings. The zero-order valence-electron chi connectivity index (χ0n) is 8.63. The van der Waals surface area contributed by atoms with Crippen molar-refractivity contribution in [1.29, 1.82) is 0 Å². The Kier molecular flexibility index (Phi) is 2.97. The normalized spacial score (nSPS) is 19.7. The van der Waals surface area contributed by atoms with Crippen LogP contribution in [0.15, 0.2) is 10.8 Å². The van der Waals surface area contributed by atoms with E-state index >= 15 is 0 Å². The summed E-state index contributed by atoms with van der Waals surface area (Å²) in [6, 6.07) is 0. The lowest BCUT2D eigenvalue weighted by Crippen LogP contribution is -2.28. The van der Waals surface area contributed by atoms with Crippen molar-refractivity contribution in [3.05, 3.63) is 10.8 Å². The highest BCUT2D eigenvalue weighted by atomic mass is 79.9. The molecule has 1 aromatic rings. The number of nitrogens with two attached hydrogens (primary N) is 1. The standard InChI is InChI=1S/C9H9BrN4O3/c10-5-2-12-7(11)8(13-5)14-3-4(9(16)17)1-6(14)15/h2,4H,1,3H2,(H2,11,12)(H,16,17). The maximum atomic E-state index is 11.7. The van der Waals surface area contributed by atoms with Gasteiger partial charge in [-0.3, -0.25) is 14.5 Å². The molecule has 1 saturated heterocycles. The first-order valence-electron chi connectivity index (χ1n) is 4.80. The number of carboxylic acids is 1. The highest BCUT2D eigenvalue weighted by molar-refractivity contribution is 9.10. The molecule has 0 spiro atoms. The molecule has 3 N–H and O–H groups in total. The molecule has 1 amide bonds. The molecule has 1 fully saturated rings. The minimum absolute atomic E-state index is 0.0387. The lowest BCUT2D eigenvalue weighted by Gasteiger charge is -2.16. The second-order valence-corrected chi connectivity index (χ2v) is 4.46. The van der Waals surface area contributed by atoms with Gasteiger partial charge in [-0.1, -0.05) is 0 Å². The number of carbonyl (C=O) groups is 2. The van der Waals surface area contributed by atoms with Gasteiger partial charge in [0.05, 0.1) is 12.1 Å². The van der Waals surface area contributed by atoms with E-state index in [0.717, 1.165) is 0 Å². The summed E-state index contributed by atoms with van der Waals surface area (Å²) in [4.78, 5) is 31.6. The van der Waals surface area contributed by atoms with Crippen LogP contribution >= 0.6 is 15.9 Å². The minimum Gasteiger partial charge on any atom is -0.481 e. The number of anilines is 2. The van der Waals surface area contributed by atoms with Crippen molar-refractivity contribution in [2.24, 2.45) is 5.92 Å². The molecule has 1 unspecified atom stereocenters. The van der Waals surface area contributed by atoms with Gasteiger partial charge < -0.3 is 10.8 Å². The number of amides is 1. The van der Waals surface area contributed by atoms with E-state index in [2.05, 4.69) is 25.9 Å². The summed E-state index contributed by atoms with van der Waals surface area (Å²) >= 11 is 3.12. The fourth-order valence-corrected chi connectivity index (χ4v) is 1.91. The zero-order valence-corrected chi connectivity index (χ0v) is 10.2. The van der Waals surface area contributed by atoms with Gasteiger partial charge in [-0.25, -0.2) is 9.97 Å². The maximum Gasteiger partial charge on any atom is 0.308 e. The summed E-state index contributed by atoms with van der Waals surface area (Å²) in [7, 11) is 0. The summed E-state index contributed by atoms with van der Waals surface area (Å²) in [5, 5.41) is 8.86. The Balaban J connectivity index is 2.32. The van der Waals surface area contributed by atoms with E-state index in [0.29, 0.717) is 4.60 Å². The molecule has 0 radical (unpaired) electrons. The molecule has 1 aliphatic heterocycles. The first-order valence-corrected chi connectivity index (χ1v) is 5.59. The summed E-state index contributed by atoms with van der Waals surface area (Å²) in [6.45, 7) is 0.0729. The van der Waals surface area contributed by atoms with E-state index in [9.17, 15) is 9.59 Å². The fourth-order valence-electron chi connectivity index (χ4n) is 1.64. The molecule has 0 aromatic carbocycles. The van der Waals surface area contributed by atoms with Crippen molar-refractivity contribution in [3.63, 3.8) is 0 Å². The number of hydrogen-bond donors (Lipinski definition) is 2. The monoisotopic (exact) mass is 300 g/mol. The molecule has 0 saturated carbocycles. The van der Waals surface area contributed by atoms with E-state index in [1.165, 1.54) is 11.1 Å². The lowest BCUT2D eigenvalue weighted by molar-refractivity contribution is -0.141. The number of aromatic nitrogens is 2. The molecule has 0 bridgehead atoms. The van der Waals surface area contributed by atoms with Gasteiger partial charge in [0, 0.05) is 13.0 Å². The Hall–Kier alpha value is -1.70. The van der Waals surface area contributed by atoms with Crippen LogP contribution in [0.5, 0.6) is 0 Å². The number of carbonyl (C=O) groups excluding carboxylic acids is 1. The number of rotatable bonds is 2. The Morgan fingerprint density at radius 3 is 2.94 bits per heavy atom. The predicted octanol–water partition coefficient (Wildman–Crippen LogP) is 0.259. The highest BCUT2D eigenvalue weighted by Gasteiger charge is 2.36. The zero-order chi connectivity index (χ0) is 12.6. The molecule has 17 heavy (non-hydrogen) atoms. The molecule has 7 nitrogen and oxygen atoms in total. The third-order valence-electron chi connectivity index (χ3n) is 2.48. The van der Waals surface area contributed by atoms with E-state index in [4.69, 9.17) is 10.8 Å². The number of halogens is 1. The predicted molar refractivity (Wildman–Crippen MR) is 62.2 cm³/mol. The topological polar surface area (TPSA) is 109 Å². The average Bonchev–Trinajstić information content (AvgIpc) is 2.64. The van der Waals surface area contributed by atoms with Crippen molar-refractivity contribution in [2.45, 2.75) is 6.42 Å². The number of aliphatic carboxylic acids is 1. The molecule has 8 heteroatoms. The molecule has 2 rings (SSSR count). The van der Waals surface area contributed by atoms with E-state index in [1.54, 1.807) is 0 Å². The van der Waals surface area contributed by atoms with Crippen molar-refractivity contribution in [2.75, 3.05) is 17.2 Å². The van der Waals surface area contributed by atoms with Gasteiger partial charge in [0.15, 0.2) is 11.6 Å². The van der Waals surface area contributed by atoms with Crippen LogP contribution in [0.4, 0.5) is 11.6 Å². The third-order valence-corrected chi connectivity index (χ3v) is 2.86. The largest absolute Gasteiger partial charge is 0.481 e. The van der Waals surface area contributed by atoms with Crippen LogP contribution in [0, 0.1) is 5.92 Å². The molecule has 1 aromatic heterocycles. The smallest absolute Gasteiger partial charge is 0.308 e. The van der Waals surface area contributed by atoms with Gasteiger partial charge in [0.1, 0.15) is 4.60 Å². The van der Waals surface area contributed by atoms with Gasteiger partial charge in [0.2, 0.25) is 5.91 Å². The van der Waals surface area contributed by atoms with Crippen LogP contribution < -0.4 is 10.6 Å². The molecule has 2 heterocycles. The number of nitrogen functional groups attached to an aromatic ring is 1. The number of hydrogen-bond acceptors (Lipinski definition) is 5. The Labute approximate surface area is 105 Å². The average molecular weight is 301 g/mol. The lowest BCUT2D eigenvalue weighted by atomic mass is 10.1. The number of nitrogens with zero attached hydrogens (tertiary/aromatic N) is 3. The highest BCUT2D eigenvalue weighted by Crippen LogP contribution is 2.27. The van der Waals surface area contributed by atoms with Crippen LogP contribution in [-0.2, 0) is 9.59 Å². The summed E-state index contributed by atoms with van der Waals surface area (Å²) in [6.07, 6.45) is 1.37. The van der Waals surface area contributed by atoms with E-state index < -0.39 is 11.9 Å². The van der Waals surface area contributed by atoms with Gasteiger partial charge >= 0.3 is 5.97 Å². The maximum absolute atomic E-state index is 11.7. The molecule has 0 aliphatic carbocycles. The second kappa shape index (κ2) is 4.28. The summed E-state index contributed by atoms with van der Waals surface area (Å²) in [5.41, 5.74) is 5.62. The molecule has 90 valence electrons. The van der Waals surface area contributed by atoms with Crippen molar-refractivity contribution in [3.8, 4) is 0 Å². The van der Waals surface area contributed by atoms with E-state index in [-0.39, 0.29) is 30.5 Å². The van der Waals surface area contributed by atoms with Gasteiger partial charge in [-0.2, -0.15) is 0 Å². The molecule has 1 atom stereocenters. The Morgan fingerprint density at radius 2 is 2.35 bits per heavy atom. The first-order chi connectivity index (χ1) is 7.99. The minimum atomic E-state index is -0.998. The van der Waals surface area contributed by atoms with Crippen LogP contribution in [0.1, 0.15) is 6.42 Å². The van der Waals surface area contributed by atoms with Crippen LogP contribution in [0.3, 0.4) is 0 Å². The molecular weight excluding hydrogens is 292 g/mol. The Bertz CT molecular complexity index is 493. The van der Waals surface area contributed by atoms with Gasteiger partial charge in [-0.15, -0.1) is 0 Å². The van der Waals surface area contributed by atoms with Crippen molar-refractivity contribution < 1.29 is 14.7 Å². The van der Waals surface area contributed by atoms with Crippen LogP contribution in [-0.4, -0.2) is 33.5 Å². The van der Waals surface area contributed by atoms with Gasteiger partial charge in [0.25, 0.3) is 0 Å². The summed E-state index contributed by atoms with van der Waals surface area (Å²) < 4.78 is 0.438. The first kappa shape index (κ1) is 11.8. The van der Waals surface area contributed by atoms with Gasteiger partial charge in [-0.05, 0) is 15.9 Å². The summed E-state index contributed by atoms with van der Waals surface area (Å²) in [5.74, 6) is -1.72. The van der Waals surface area contributed by atoms with Crippen molar-refractivity contribution >= 4 is 39.4 Å². The molecular formula is C9H9BrN4O3. The fraction of sp³-hybridized carbons (Fsp3) is 0.333. The van der Waals surface area contributed by atoms with Crippen LogP contribution in [0.2, 0.25) is 0 Å². The third kappa shape index (κ3) is 2.21. The van der Waals surface area contributed by atoms with E-state index in [1.807, 2.05) is 0 Å². The second-order valence-electron chi connectivity index (χ2n) is 3.65. The number of carboxylic acid groups (broad SMARTS) is 1. The Morgan fingerprint density at radius 1 is 1.65 bits per heavy atom. The van der Waals surface area contributed by atoms with Crippen molar-refractivity contribution in [1.82, 2.24) is 9.97 Å².